The minimum absolute atomic E-state index is 0.413. The lowest BCUT2D eigenvalue weighted by Crippen LogP contribution is -2.39. The first kappa shape index (κ1) is 16.4. The normalized spacial score (nSPS) is 18.2. The monoisotopic (exact) mass is 364 g/mol. The average molecular weight is 364 g/mol. The molecule has 0 unspecified atom stereocenters. The molecular weight excluding hydrogens is 340 g/mol. The van der Waals surface area contributed by atoms with E-state index in [1.54, 1.807) is 0 Å². The highest BCUT2D eigenvalue weighted by Gasteiger charge is 2.29. The topological polar surface area (TPSA) is 84.1 Å². The van der Waals surface area contributed by atoms with Gasteiger partial charge in [0.05, 0.1) is 0 Å². The molecule has 1 saturated heterocycles. The molecule has 0 spiro atoms. The van der Waals surface area contributed by atoms with Gasteiger partial charge >= 0.3 is 0 Å². The van der Waals surface area contributed by atoms with E-state index in [9.17, 15) is 0 Å². The Morgan fingerprint density at radius 3 is 2.56 bits per heavy atom. The Kier molecular flexibility index (Phi) is 3.91. The van der Waals surface area contributed by atoms with Crippen LogP contribution in [0.1, 0.15) is 48.9 Å². The van der Waals surface area contributed by atoms with Crippen LogP contribution in [0.3, 0.4) is 0 Å². The second kappa shape index (κ2) is 6.44. The Bertz CT molecular complexity index is 949. The minimum Gasteiger partial charge on any atom is -0.366 e. The SMILES string of the molecule is Cc1cc(N2CCC(Nc3ccc4nnc(C5CC5)n4n3)CC2)nc(C)n1. The fourth-order valence-electron chi connectivity index (χ4n) is 3.80. The molecule has 2 aliphatic rings. The Morgan fingerprint density at radius 2 is 1.81 bits per heavy atom. The molecule has 140 valence electrons. The average Bonchev–Trinajstić information content (AvgIpc) is 3.41. The van der Waals surface area contributed by atoms with Crippen molar-refractivity contribution >= 4 is 17.3 Å². The van der Waals surface area contributed by atoms with Gasteiger partial charge in [0.15, 0.2) is 11.5 Å². The first-order valence-electron chi connectivity index (χ1n) is 9.72. The maximum absolute atomic E-state index is 4.74. The molecule has 0 amide bonds. The number of aromatic nitrogens is 6. The second-order valence-corrected chi connectivity index (χ2v) is 7.64. The van der Waals surface area contributed by atoms with Gasteiger partial charge < -0.3 is 10.2 Å². The summed E-state index contributed by atoms with van der Waals surface area (Å²) < 4.78 is 1.90. The van der Waals surface area contributed by atoms with E-state index in [0.717, 1.165) is 60.6 Å². The first-order chi connectivity index (χ1) is 13.2. The molecule has 1 aliphatic heterocycles. The number of aryl methyl sites for hydroxylation is 2. The number of hydrogen-bond donors (Lipinski definition) is 1. The van der Waals surface area contributed by atoms with Crippen LogP contribution >= 0.6 is 0 Å². The number of nitrogens with one attached hydrogen (secondary N) is 1. The molecule has 1 aliphatic carbocycles. The summed E-state index contributed by atoms with van der Waals surface area (Å²) in [5.41, 5.74) is 1.85. The van der Waals surface area contributed by atoms with Crippen LogP contribution in [0, 0.1) is 13.8 Å². The molecule has 0 bridgehead atoms. The molecule has 8 heteroatoms. The largest absolute Gasteiger partial charge is 0.366 e. The molecule has 8 nitrogen and oxygen atoms in total. The molecule has 0 atom stereocenters. The summed E-state index contributed by atoms with van der Waals surface area (Å²) >= 11 is 0. The number of hydrogen-bond acceptors (Lipinski definition) is 7. The van der Waals surface area contributed by atoms with Gasteiger partial charge in [-0.05, 0) is 51.7 Å². The van der Waals surface area contributed by atoms with Crippen LogP contribution in [0.15, 0.2) is 18.2 Å². The molecule has 3 aromatic heterocycles. The summed E-state index contributed by atoms with van der Waals surface area (Å²) in [6, 6.07) is 6.48. The van der Waals surface area contributed by atoms with E-state index >= 15 is 0 Å². The van der Waals surface area contributed by atoms with Crippen molar-refractivity contribution in [3.63, 3.8) is 0 Å². The lowest BCUT2D eigenvalue weighted by molar-refractivity contribution is 0.520. The van der Waals surface area contributed by atoms with Gasteiger partial charge in [0.25, 0.3) is 0 Å². The zero-order chi connectivity index (χ0) is 18.4. The summed E-state index contributed by atoms with van der Waals surface area (Å²) in [5.74, 6) is 4.31. The van der Waals surface area contributed by atoms with Crippen LogP contribution in [0.5, 0.6) is 0 Å². The maximum Gasteiger partial charge on any atom is 0.178 e. The molecule has 4 heterocycles. The van der Waals surface area contributed by atoms with Crippen molar-refractivity contribution in [1.29, 1.82) is 0 Å². The predicted octanol–water partition coefficient (Wildman–Crippen LogP) is 2.49. The third-order valence-electron chi connectivity index (χ3n) is 5.35. The van der Waals surface area contributed by atoms with E-state index in [1.165, 1.54) is 12.8 Å². The highest BCUT2D eigenvalue weighted by molar-refractivity contribution is 5.46. The molecule has 3 aromatic rings. The van der Waals surface area contributed by atoms with Crippen LogP contribution in [0.25, 0.3) is 5.65 Å². The number of fused-ring (bicyclic) bond motifs is 1. The summed E-state index contributed by atoms with van der Waals surface area (Å²) in [6.45, 7) is 5.94. The van der Waals surface area contributed by atoms with Crippen LogP contribution in [-0.2, 0) is 0 Å². The standard InChI is InChI=1S/C19H24N8/c1-12-11-18(21-13(2)20-12)26-9-7-15(8-10-26)22-16-5-6-17-23-24-19(14-3-4-14)27(17)25-16/h5-6,11,14-15H,3-4,7-10H2,1-2H3,(H,22,25). The fourth-order valence-corrected chi connectivity index (χ4v) is 3.80. The lowest BCUT2D eigenvalue weighted by Gasteiger charge is -2.33. The van der Waals surface area contributed by atoms with E-state index in [1.807, 2.05) is 30.5 Å². The van der Waals surface area contributed by atoms with Gasteiger partial charge in [0, 0.05) is 36.8 Å². The third kappa shape index (κ3) is 3.31. The second-order valence-electron chi connectivity index (χ2n) is 7.64. The van der Waals surface area contributed by atoms with Crippen molar-refractivity contribution in [3.05, 3.63) is 35.5 Å². The molecule has 0 radical (unpaired) electrons. The zero-order valence-corrected chi connectivity index (χ0v) is 15.8. The van der Waals surface area contributed by atoms with Crippen LogP contribution in [0.2, 0.25) is 0 Å². The highest BCUT2D eigenvalue weighted by Crippen LogP contribution is 2.38. The summed E-state index contributed by atoms with van der Waals surface area (Å²) in [4.78, 5) is 11.3. The van der Waals surface area contributed by atoms with Gasteiger partial charge in [-0.2, -0.15) is 4.52 Å². The van der Waals surface area contributed by atoms with Crippen LogP contribution in [-0.4, -0.2) is 48.9 Å². The van der Waals surface area contributed by atoms with Crippen molar-refractivity contribution in [2.75, 3.05) is 23.3 Å². The van der Waals surface area contributed by atoms with Gasteiger partial charge in [0.2, 0.25) is 0 Å². The summed E-state index contributed by atoms with van der Waals surface area (Å²) in [6.07, 6.45) is 4.50. The van der Waals surface area contributed by atoms with Crippen LogP contribution in [0.4, 0.5) is 11.6 Å². The van der Waals surface area contributed by atoms with E-state index in [4.69, 9.17) is 5.10 Å². The Labute approximate surface area is 158 Å². The third-order valence-corrected chi connectivity index (χ3v) is 5.35. The van der Waals surface area contributed by atoms with Crippen molar-refractivity contribution in [2.45, 2.75) is 51.5 Å². The van der Waals surface area contributed by atoms with Crippen molar-refractivity contribution in [3.8, 4) is 0 Å². The Morgan fingerprint density at radius 1 is 1.00 bits per heavy atom. The number of anilines is 2. The minimum atomic E-state index is 0.413. The number of piperidine rings is 1. The van der Waals surface area contributed by atoms with E-state index in [-0.39, 0.29) is 0 Å². The van der Waals surface area contributed by atoms with Gasteiger partial charge in [-0.3, -0.25) is 0 Å². The molecule has 2 fully saturated rings. The molecule has 1 N–H and O–H groups in total. The Balaban J connectivity index is 1.26. The Hall–Kier alpha value is -2.77. The number of rotatable bonds is 4. The van der Waals surface area contributed by atoms with Crippen molar-refractivity contribution in [2.24, 2.45) is 0 Å². The van der Waals surface area contributed by atoms with Crippen LogP contribution < -0.4 is 10.2 Å². The quantitative estimate of drug-likeness (QED) is 0.761. The maximum atomic E-state index is 4.74. The predicted molar refractivity (Wildman–Crippen MR) is 103 cm³/mol. The number of nitrogens with zero attached hydrogens (tertiary/aromatic N) is 7. The first-order valence-corrected chi connectivity index (χ1v) is 9.72. The zero-order valence-electron chi connectivity index (χ0n) is 15.8. The van der Waals surface area contributed by atoms with Crippen molar-refractivity contribution in [1.82, 2.24) is 29.8 Å². The fraction of sp³-hybridized carbons (Fsp3) is 0.526. The van der Waals surface area contributed by atoms with E-state index in [2.05, 4.69) is 36.4 Å². The molecule has 27 heavy (non-hydrogen) atoms. The van der Waals surface area contributed by atoms with Gasteiger partial charge in [0.1, 0.15) is 17.5 Å². The van der Waals surface area contributed by atoms with Gasteiger partial charge in [-0.15, -0.1) is 15.3 Å². The summed E-state index contributed by atoms with van der Waals surface area (Å²) in [5, 5.41) is 16.9. The highest BCUT2D eigenvalue weighted by atomic mass is 15.4. The molecule has 1 saturated carbocycles. The lowest BCUT2D eigenvalue weighted by atomic mass is 10.1. The van der Waals surface area contributed by atoms with Gasteiger partial charge in [-0.1, -0.05) is 0 Å². The molecular formula is C19H24N8. The molecule has 0 aromatic carbocycles. The van der Waals surface area contributed by atoms with Gasteiger partial charge in [-0.25, -0.2) is 9.97 Å². The van der Waals surface area contributed by atoms with E-state index in [0.29, 0.717) is 12.0 Å². The summed E-state index contributed by atoms with van der Waals surface area (Å²) in [7, 11) is 0. The van der Waals surface area contributed by atoms with Crippen molar-refractivity contribution < 1.29 is 0 Å². The smallest absolute Gasteiger partial charge is 0.178 e. The molecule has 5 rings (SSSR count). The van der Waals surface area contributed by atoms with E-state index < -0.39 is 0 Å².